The second-order valence-corrected chi connectivity index (χ2v) is 5.82. The topological polar surface area (TPSA) is 54.6 Å². The van der Waals surface area contributed by atoms with Crippen LogP contribution < -0.4 is 0 Å². The maximum absolute atomic E-state index is 11.0. The van der Waals surface area contributed by atoms with Crippen molar-refractivity contribution in [2.45, 2.75) is 20.8 Å². The monoisotopic (exact) mass is 286 g/mol. The summed E-state index contributed by atoms with van der Waals surface area (Å²) >= 11 is 1.46. The molecule has 0 atom stereocenters. The molecule has 0 unspecified atom stereocenters. The van der Waals surface area contributed by atoms with Crippen LogP contribution in [0.4, 0.5) is 0 Å². The first kappa shape index (κ1) is 12.9. The predicted octanol–water partition coefficient (Wildman–Crippen LogP) is 3.69. The Morgan fingerprint density at radius 3 is 2.50 bits per heavy atom. The van der Waals surface area contributed by atoms with E-state index in [4.69, 9.17) is 5.11 Å². The molecule has 20 heavy (non-hydrogen) atoms. The summed E-state index contributed by atoms with van der Waals surface area (Å²) in [6.07, 6.45) is 1.59. The van der Waals surface area contributed by atoms with Gasteiger partial charge in [-0.25, -0.2) is 9.78 Å². The van der Waals surface area contributed by atoms with Crippen LogP contribution in [0.15, 0.2) is 23.7 Å². The first-order valence-corrected chi connectivity index (χ1v) is 7.13. The highest BCUT2D eigenvalue weighted by molar-refractivity contribution is 7.15. The molecule has 0 spiro atoms. The van der Waals surface area contributed by atoms with E-state index in [0.717, 1.165) is 11.3 Å². The molecule has 0 aliphatic carbocycles. The first-order valence-electron chi connectivity index (χ1n) is 6.25. The molecular weight excluding hydrogens is 272 g/mol. The lowest BCUT2D eigenvalue weighted by Crippen LogP contribution is -1.96. The number of carbonyl (C=O) groups is 1. The Morgan fingerprint density at radius 2 is 1.90 bits per heavy atom. The third-order valence-electron chi connectivity index (χ3n) is 3.36. The number of imidazole rings is 1. The first-order chi connectivity index (χ1) is 9.47. The highest BCUT2D eigenvalue weighted by Gasteiger charge is 2.16. The van der Waals surface area contributed by atoms with Crippen LogP contribution in [0.2, 0.25) is 0 Å². The lowest BCUT2D eigenvalue weighted by Gasteiger charge is -2.10. The average molecular weight is 286 g/mol. The number of hydrogen-bond acceptors (Lipinski definition) is 3. The van der Waals surface area contributed by atoms with Gasteiger partial charge in [0, 0.05) is 17.1 Å². The van der Waals surface area contributed by atoms with Crippen molar-refractivity contribution in [3.05, 3.63) is 46.1 Å². The Bertz CT molecular complexity index is 807. The van der Waals surface area contributed by atoms with Crippen LogP contribution in [-0.4, -0.2) is 20.5 Å². The number of aromatic nitrogens is 2. The van der Waals surface area contributed by atoms with Gasteiger partial charge in [-0.3, -0.25) is 4.40 Å². The van der Waals surface area contributed by atoms with Gasteiger partial charge in [0.25, 0.3) is 0 Å². The van der Waals surface area contributed by atoms with Gasteiger partial charge in [0.2, 0.25) is 0 Å². The van der Waals surface area contributed by atoms with Gasteiger partial charge in [-0.2, -0.15) is 0 Å². The molecule has 0 fully saturated rings. The molecule has 0 aliphatic rings. The number of nitrogens with zero attached hydrogens (tertiary/aromatic N) is 2. The van der Waals surface area contributed by atoms with Crippen molar-refractivity contribution in [1.82, 2.24) is 9.38 Å². The second kappa shape index (κ2) is 4.45. The van der Waals surface area contributed by atoms with Crippen molar-refractivity contribution in [3.63, 3.8) is 0 Å². The van der Waals surface area contributed by atoms with Gasteiger partial charge in [-0.05, 0) is 31.9 Å². The Hall–Kier alpha value is -2.14. The van der Waals surface area contributed by atoms with Gasteiger partial charge in [0.15, 0.2) is 10.7 Å². The molecule has 0 radical (unpaired) electrons. The summed E-state index contributed by atoms with van der Waals surface area (Å²) in [5, 5.41) is 11.1. The largest absolute Gasteiger partial charge is 0.476 e. The summed E-state index contributed by atoms with van der Waals surface area (Å²) in [7, 11) is 0. The quantitative estimate of drug-likeness (QED) is 0.781. The highest BCUT2D eigenvalue weighted by atomic mass is 32.1. The summed E-state index contributed by atoms with van der Waals surface area (Å²) in [5.74, 6) is -0.996. The molecule has 3 aromatic rings. The molecule has 102 valence electrons. The van der Waals surface area contributed by atoms with Crippen LogP contribution in [0.25, 0.3) is 16.2 Å². The molecule has 2 aromatic heterocycles. The van der Waals surface area contributed by atoms with Gasteiger partial charge >= 0.3 is 5.97 Å². The van der Waals surface area contributed by atoms with E-state index in [0.29, 0.717) is 4.96 Å². The maximum Gasteiger partial charge on any atom is 0.356 e. The van der Waals surface area contributed by atoms with Crippen LogP contribution in [0.5, 0.6) is 0 Å². The fraction of sp³-hybridized carbons (Fsp3) is 0.200. The smallest absolute Gasteiger partial charge is 0.356 e. The summed E-state index contributed by atoms with van der Waals surface area (Å²) in [5.41, 5.74) is 5.84. The van der Waals surface area contributed by atoms with E-state index in [-0.39, 0.29) is 5.69 Å². The van der Waals surface area contributed by atoms with Crippen LogP contribution in [0.1, 0.15) is 27.2 Å². The molecule has 0 saturated carbocycles. The Kier molecular flexibility index (Phi) is 2.87. The van der Waals surface area contributed by atoms with Gasteiger partial charge in [0.1, 0.15) is 0 Å². The minimum absolute atomic E-state index is 0.0838. The van der Waals surface area contributed by atoms with E-state index in [9.17, 15) is 4.79 Å². The van der Waals surface area contributed by atoms with Crippen LogP contribution >= 0.6 is 11.3 Å². The minimum atomic E-state index is -0.996. The maximum atomic E-state index is 11.0. The zero-order valence-electron chi connectivity index (χ0n) is 11.5. The highest BCUT2D eigenvalue weighted by Crippen LogP contribution is 2.32. The molecule has 4 nitrogen and oxygen atoms in total. The van der Waals surface area contributed by atoms with Crippen molar-refractivity contribution in [2.75, 3.05) is 0 Å². The SMILES string of the molecule is Cc1cc(C)c(-c2csc3nc(C(=O)O)cn23)c(C)c1. The van der Waals surface area contributed by atoms with Crippen molar-refractivity contribution in [1.29, 1.82) is 0 Å². The number of aromatic carboxylic acids is 1. The average Bonchev–Trinajstić information content (AvgIpc) is 2.89. The van der Waals surface area contributed by atoms with E-state index in [1.165, 1.54) is 28.0 Å². The van der Waals surface area contributed by atoms with Crippen LogP contribution in [0.3, 0.4) is 0 Å². The van der Waals surface area contributed by atoms with Gasteiger partial charge in [-0.1, -0.05) is 17.7 Å². The van der Waals surface area contributed by atoms with E-state index in [1.54, 1.807) is 6.20 Å². The van der Waals surface area contributed by atoms with Gasteiger partial charge in [-0.15, -0.1) is 11.3 Å². The van der Waals surface area contributed by atoms with Crippen molar-refractivity contribution < 1.29 is 9.90 Å². The van der Waals surface area contributed by atoms with E-state index in [2.05, 4.69) is 37.9 Å². The summed E-state index contributed by atoms with van der Waals surface area (Å²) in [6, 6.07) is 4.28. The molecule has 0 saturated heterocycles. The zero-order valence-corrected chi connectivity index (χ0v) is 12.3. The molecule has 0 bridgehead atoms. The van der Waals surface area contributed by atoms with E-state index >= 15 is 0 Å². The number of carboxylic acid groups (broad SMARTS) is 1. The fourth-order valence-corrected chi connectivity index (χ4v) is 3.51. The molecular formula is C15H14N2O2S. The third kappa shape index (κ3) is 1.91. The molecule has 1 N–H and O–H groups in total. The van der Waals surface area contributed by atoms with Gasteiger partial charge in [0.05, 0.1) is 5.69 Å². The number of thiazole rings is 1. The molecule has 5 heteroatoms. The molecule has 0 aliphatic heterocycles. The van der Waals surface area contributed by atoms with Crippen molar-refractivity contribution >= 4 is 22.3 Å². The number of fused-ring (bicyclic) bond motifs is 1. The lowest BCUT2D eigenvalue weighted by molar-refractivity contribution is 0.0691. The lowest BCUT2D eigenvalue weighted by atomic mass is 9.98. The summed E-state index contributed by atoms with van der Waals surface area (Å²) < 4.78 is 1.86. The number of benzene rings is 1. The Balaban J connectivity index is 2.27. The number of carboxylic acids is 1. The zero-order chi connectivity index (χ0) is 14.4. The van der Waals surface area contributed by atoms with E-state index in [1.807, 2.05) is 9.78 Å². The van der Waals surface area contributed by atoms with E-state index < -0.39 is 5.97 Å². The normalized spacial score (nSPS) is 11.2. The van der Waals surface area contributed by atoms with Crippen molar-refractivity contribution in [2.24, 2.45) is 0 Å². The standard InChI is InChI=1S/C15H14N2O2S/c1-8-4-9(2)13(10(3)5-8)12-7-20-15-16-11(14(18)19)6-17(12)15/h4-7H,1-3H3,(H,18,19). The number of hydrogen-bond donors (Lipinski definition) is 1. The predicted molar refractivity (Wildman–Crippen MR) is 79.7 cm³/mol. The van der Waals surface area contributed by atoms with Crippen LogP contribution in [-0.2, 0) is 0 Å². The van der Waals surface area contributed by atoms with Crippen molar-refractivity contribution in [3.8, 4) is 11.3 Å². The fourth-order valence-electron chi connectivity index (χ4n) is 2.65. The molecule has 0 amide bonds. The Labute approximate surface area is 120 Å². The number of rotatable bonds is 2. The molecule has 1 aromatic carbocycles. The number of aryl methyl sites for hydroxylation is 3. The van der Waals surface area contributed by atoms with Gasteiger partial charge < -0.3 is 5.11 Å². The Morgan fingerprint density at radius 1 is 1.25 bits per heavy atom. The molecule has 2 heterocycles. The second-order valence-electron chi connectivity index (χ2n) is 4.98. The summed E-state index contributed by atoms with van der Waals surface area (Å²) in [4.78, 5) is 15.8. The summed E-state index contributed by atoms with van der Waals surface area (Å²) in [6.45, 7) is 6.23. The third-order valence-corrected chi connectivity index (χ3v) is 4.20. The molecule has 3 rings (SSSR count). The minimum Gasteiger partial charge on any atom is -0.476 e. The van der Waals surface area contributed by atoms with Crippen LogP contribution in [0, 0.1) is 20.8 Å².